The molecule has 3 nitrogen and oxygen atoms in total. The van der Waals surface area contributed by atoms with Crippen LogP contribution >= 0.6 is 0 Å². The van der Waals surface area contributed by atoms with Crippen molar-refractivity contribution in [1.29, 1.82) is 5.41 Å². The monoisotopic (exact) mass is 729 g/mol. The fourth-order valence-electron chi connectivity index (χ4n) is 8.65. The van der Waals surface area contributed by atoms with Gasteiger partial charge < -0.3 is 0 Å². The van der Waals surface area contributed by atoms with Gasteiger partial charge in [0.25, 0.3) is 0 Å². The van der Waals surface area contributed by atoms with Crippen LogP contribution < -0.4 is 0 Å². The smallest absolute Gasteiger partial charge is 0.161 e. The number of nitrogens with zero attached hydrogens (tertiary/aromatic N) is 2. The average molecular weight is 730 g/mol. The minimum absolute atomic E-state index is 0.0570. The first-order chi connectivity index (χ1) is 27.9. The summed E-state index contributed by atoms with van der Waals surface area (Å²) in [5.41, 5.74) is 12.2. The van der Waals surface area contributed by atoms with Gasteiger partial charge in [-0.1, -0.05) is 184 Å². The van der Waals surface area contributed by atoms with E-state index in [2.05, 4.69) is 166 Å². The van der Waals surface area contributed by atoms with Gasteiger partial charge in [-0.15, -0.1) is 0 Å². The van der Waals surface area contributed by atoms with Crippen molar-refractivity contribution in [2.75, 3.05) is 0 Å². The third-order valence-electron chi connectivity index (χ3n) is 11.6. The fraction of sp³-hybridized carbons (Fsp3) is 0.0556. The second-order valence-electron chi connectivity index (χ2n) is 15.4. The molecule has 9 aromatic rings. The summed E-state index contributed by atoms with van der Waals surface area (Å²) in [4.78, 5) is 10.2. The largest absolute Gasteiger partial charge is 0.282 e. The van der Waals surface area contributed by atoms with Gasteiger partial charge in [0.1, 0.15) is 0 Å². The van der Waals surface area contributed by atoms with Gasteiger partial charge in [0, 0.05) is 28.3 Å². The highest BCUT2D eigenvalue weighted by Gasteiger charge is 2.35. The molecule has 0 saturated carbocycles. The van der Waals surface area contributed by atoms with Gasteiger partial charge in [-0.2, -0.15) is 0 Å². The van der Waals surface area contributed by atoms with E-state index in [0.29, 0.717) is 5.84 Å². The maximum absolute atomic E-state index is 9.27. The number of benzene rings is 9. The van der Waals surface area contributed by atoms with Crippen LogP contribution in [0.1, 0.15) is 41.7 Å². The minimum Gasteiger partial charge on any atom is -0.282 e. The summed E-state index contributed by atoms with van der Waals surface area (Å²) < 4.78 is 0. The predicted octanol–water partition coefficient (Wildman–Crippen LogP) is 13.7. The molecule has 270 valence electrons. The Bertz CT molecular complexity index is 3100. The fourth-order valence-corrected chi connectivity index (χ4v) is 8.65. The summed E-state index contributed by atoms with van der Waals surface area (Å²) in [6.45, 7) is 4.62. The molecular formula is C54H39N3. The second-order valence-corrected chi connectivity index (χ2v) is 15.4. The van der Waals surface area contributed by atoms with E-state index in [1.165, 1.54) is 38.4 Å². The summed E-state index contributed by atoms with van der Waals surface area (Å²) in [6, 6.07) is 66.1. The lowest BCUT2D eigenvalue weighted by molar-refractivity contribution is 0.660. The van der Waals surface area contributed by atoms with Crippen LogP contribution in [-0.4, -0.2) is 17.9 Å². The number of amidine groups is 2. The van der Waals surface area contributed by atoms with Gasteiger partial charge in [0.2, 0.25) is 0 Å². The Labute approximate surface area is 332 Å². The van der Waals surface area contributed by atoms with Crippen molar-refractivity contribution in [2.24, 2.45) is 9.98 Å². The molecule has 0 heterocycles. The Hall–Kier alpha value is -7.23. The SMILES string of the molecule is CC1(C)c2ccccc2-c2cc(-c3cccc(C(N=Cc4c5ccccc5cc5c4ccc4ccccc45)=NC(=N)c4ccc(-c5ccccc5)cc4)c3)ccc21. The Morgan fingerprint density at radius 2 is 1.11 bits per heavy atom. The lowest BCUT2D eigenvalue weighted by Crippen LogP contribution is -2.14. The van der Waals surface area contributed by atoms with E-state index >= 15 is 0 Å². The zero-order valence-corrected chi connectivity index (χ0v) is 31.9. The highest BCUT2D eigenvalue weighted by molar-refractivity contribution is 6.22. The molecule has 57 heavy (non-hydrogen) atoms. The van der Waals surface area contributed by atoms with E-state index in [1.807, 2.05) is 42.6 Å². The molecule has 1 aliphatic rings. The average Bonchev–Trinajstić information content (AvgIpc) is 3.50. The van der Waals surface area contributed by atoms with Crippen molar-refractivity contribution in [1.82, 2.24) is 0 Å². The predicted molar refractivity (Wildman–Crippen MR) is 241 cm³/mol. The van der Waals surface area contributed by atoms with E-state index in [0.717, 1.165) is 55.1 Å². The zero-order chi connectivity index (χ0) is 38.5. The normalized spacial score (nSPS) is 13.3. The van der Waals surface area contributed by atoms with Crippen molar-refractivity contribution in [3.05, 3.63) is 216 Å². The van der Waals surface area contributed by atoms with E-state index in [-0.39, 0.29) is 11.3 Å². The van der Waals surface area contributed by atoms with E-state index in [4.69, 9.17) is 9.98 Å². The van der Waals surface area contributed by atoms with Crippen molar-refractivity contribution < 1.29 is 0 Å². The molecule has 0 amide bonds. The summed E-state index contributed by atoms with van der Waals surface area (Å²) in [5, 5.41) is 16.2. The molecular weight excluding hydrogens is 691 g/mol. The number of hydrogen-bond acceptors (Lipinski definition) is 1. The third kappa shape index (κ3) is 6.05. The van der Waals surface area contributed by atoms with Crippen LogP contribution in [-0.2, 0) is 5.41 Å². The van der Waals surface area contributed by atoms with Crippen molar-refractivity contribution in [3.63, 3.8) is 0 Å². The Morgan fingerprint density at radius 1 is 0.456 bits per heavy atom. The molecule has 0 atom stereocenters. The Balaban J connectivity index is 1.10. The lowest BCUT2D eigenvalue weighted by atomic mass is 9.82. The molecule has 0 saturated heterocycles. The first kappa shape index (κ1) is 34.3. The molecule has 0 bridgehead atoms. The van der Waals surface area contributed by atoms with Crippen LogP contribution in [0.4, 0.5) is 0 Å². The number of hydrogen-bond donors (Lipinski definition) is 1. The number of fused-ring (bicyclic) bond motifs is 7. The quantitative estimate of drug-likeness (QED) is 0.0794. The molecule has 0 fully saturated rings. The van der Waals surface area contributed by atoms with Gasteiger partial charge in [-0.05, 0) is 95.0 Å². The summed E-state index contributed by atoms with van der Waals surface area (Å²) in [5.74, 6) is 0.626. The maximum atomic E-state index is 9.27. The molecule has 9 aromatic carbocycles. The summed E-state index contributed by atoms with van der Waals surface area (Å²) in [6.07, 6.45) is 1.95. The van der Waals surface area contributed by atoms with Crippen LogP contribution in [0.25, 0.3) is 65.7 Å². The minimum atomic E-state index is -0.0570. The van der Waals surface area contributed by atoms with Crippen LogP contribution in [0, 0.1) is 5.41 Å². The number of aliphatic imine (C=N–C) groups is 2. The standard InChI is InChI=1S/C54H39N3/c1-54(2)50-22-11-10-21-46(50)48-32-40(28-30-51(48)54)39-17-12-18-42(31-39)53(57-52(55)38-25-23-36(24-26-38)35-13-4-3-5-14-35)56-34-49-44-20-9-7-16-41(44)33-47-43-19-8-6-15-37(43)27-29-45(47)49/h3-34,55H,1-2H3. The number of rotatable bonds is 5. The molecule has 10 rings (SSSR count). The third-order valence-corrected chi connectivity index (χ3v) is 11.6. The van der Waals surface area contributed by atoms with Crippen LogP contribution in [0.15, 0.2) is 198 Å². The van der Waals surface area contributed by atoms with Gasteiger partial charge in [-0.3, -0.25) is 5.41 Å². The highest BCUT2D eigenvalue weighted by Crippen LogP contribution is 2.49. The Morgan fingerprint density at radius 3 is 1.95 bits per heavy atom. The van der Waals surface area contributed by atoms with Crippen molar-refractivity contribution in [3.8, 4) is 33.4 Å². The van der Waals surface area contributed by atoms with Crippen molar-refractivity contribution in [2.45, 2.75) is 19.3 Å². The second kappa shape index (κ2) is 13.8. The summed E-state index contributed by atoms with van der Waals surface area (Å²) >= 11 is 0. The molecule has 1 N–H and O–H groups in total. The molecule has 1 aliphatic carbocycles. The molecule has 0 spiro atoms. The number of nitrogens with one attached hydrogen (secondary N) is 1. The first-order valence-corrected chi connectivity index (χ1v) is 19.5. The van der Waals surface area contributed by atoms with Gasteiger partial charge >= 0.3 is 0 Å². The summed E-state index contributed by atoms with van der Waals surface area (Å²) in [7, 11) is 0. The van der Waals surface area contributed by atoms with Crippen LogP contribution in [0.3, 0.4) is 0 Å². The maximum Gasteiger partial charge on any atom is 0.161 e. The molecule has 0 unspecified atom stereocenters. The Kier molecular flexibility index (Phi) is 8.30. The van der Waals surface area contributed by atoms with Crippen molar-refractivity contribution >= 4 is 50.2 Å². The topological polar surface area (TPSA) is 48.6 Å². The highest BCUT2D eigenvalue weighted by atomic mass is 14.9. The van der Waals surface area contributed by atoms with Gasteiger partial charge in [0.05, 0.1) is 0 Å². The molecule has 0 aromatic heterocycles. The van der Waals surface area contributed by atoms with Gasteiger partial charge in [0.15, 0.2) is 11.7 Å². The van der Waals surface area contributed by atoms with Gasteiger partial charge in [-0.25, -0.2) is 9.98 Å². The van der Waals surface area contributed by atoms with Crippen LogP contribution in [0.5, 0.6) is 0 Å². The van der Waals surface area contributed by atoms with Crippen LogP contribution in [0.2, 0.25) is 0 Å². The zero-order valence-electron chi connectivity index (χ0n) is 31.9. The molecule has 0 radical (unpaired) electrons. The van der Waals surface area contributed by atoms with E-state index < -0.39 is 0 Å². The first-order valence-electron chi connectivity index (χ1n) is 19.5. The molecule has 0 aliphatic heterocycles. The van der Waals surface area contributed by atoms with E-state index in [1.54, 1.807) is 0 Å². The lowest BCUT2D eigenvalue weighted by Gasteiger charge is -2.21. The van der Waals surface area contributed by atoms with E-state index in [9.17, 15) is 5.41 Å². The molecule has 3 heteroatoms.